The van der Waals surface area contributed by atoms with E-state index in [2.05, 4.69) is 16.0 Å². The van der Waals surface area contributed by atoms with Crippen LogP contribution in [-0.4, -0.2) is 30.2 Å². The average molecular weight is 384 g/mol. The largest absolute Gasteiger partial charge is 0.496 e. The van der Waals surface area contributed by atoms with Crippen LogP contribution in [0.2, 0.25) is 0 Å². The molecule has 0 amide bonds. The number of esters is 1. The molecule has 0 bridgehead atoms. The number of methoxy groups -OCH3 is 2. The number of H-pyrrole nitrogens is 1. The summed E-state index contributed by atoms with van der Waals surface area (Å²) in [5.41, 5.74) is 5.34. The minimum atomic E-state index is -0.420. The molecule has 0 spiro atoms. The van der Waals surface area contributed by atoms with Gasteiger partial charge in [0.25, 0.3) is 0 Å². The number of aromatic amines is 1. The number of fused-ring (bicyclic) bond motifs is 1. The van der Waals surface area contributed by atoms with Crippen molar-refractivity contribution in [3.63, 3.8) is 0 Å². The van der Waals surface area contributed by atoms with Crippen LogP contribution in [0.1, 0.15) is 21.5 Å². The van der Waals surface area contributed by atoms with Crippen molar-refractivity contribution in [1.29, 1.82) is 0 Å². The molecule has 0 aliphatic rings. The van der Waals surface area contributed by atoms with Gasteiger partial charge >= 0.3 is 5.97 Å². The zero-order valence-corrected chi connectivity index (χ0v) is 16.2. The molecule has 0 unspecified atom stereocenters. The third-order valence-electron chi connectivity index (χ3n) is 4.65. The number of carbonyl (C=O) groups is 1. The van der Waals surface area contributed by atoms with Crippen LogP contribution in [0.3, 0.4) is 0 Å². The van der Waals surface area contributed by atoms with Crippen molar-refractivity contribution in [2.24, 2.45) is 0 Å². The first kappa shape index (κ1) is 18.5. The second kappa shape index (κ2) is 8.02. The fourth-order valence-electron chi connectivity index (χ4n) is 3.16. The molecule has 5 nitrogen and oxygen atoms in total. The summed E-state index contributed by atoms with van der Waals surface area (Å²) < 4.78 is 10.1. The summed E-state index contributed by atoms with van der Waals surface area (Å²) >= 11 is 0. The summed E-state index contributed by atoms with van der Waals surface area (Å²) in [5, 5.41) is 0. The van der Waals surface area contributed by atoms with E-state index >= 15 is 0 Å². The van der Waals surface area contributed by atoms with Gasteiger partial charge < -0.3 is 14.5 Å². The molecule has 4 rings (SSSR count). The molecule has 1 heterocycles. The van der Waals surface area contributed by atoms with E-state index in [0.29, 0.717) is 11.3 Å². The van der Waals surface area contributed by atoms with E-state index in [1.54, 1.807) is 6.07 Å². The minimum Gasteiger partial charge on any atom is -0.496 e. The van der Waals surface area contributed by atoms with Gasteiger partial charge in [-0.1, -0.05) is 48.6 Å². The van der Waals surface area contributed by atoms with E-state index in [0.717, 1.165) is 33.5 Å². The van der Waals surface area contributed by atoms with Gasteiger partial charge in [-0.3, -0.25) is 0 Å². The topological polar surface area (TPSA) is 64.2 Å². The smallest absolute Gasteiger partial charge is 0.341 e. The zero-order chi connectivity index (χ0) is 20.2. The Bertz CT molecular complexity index is 1170. The van der Waals surface area contributed by atoms with Crippen molar-refractivity contribution >= 4 is 29.2 Å². The summed E-state index contributed by atoms with van der Waals surface area (Å²) in [7, 11) is 2.89. The van der Waals surface area contributed by atoms with Crippen LogP contribution >= 0.6 is 0 Å². The molecule has 0 aliphatic heterocycles. The van der Waals surface area contributed by atoms with Crippen molar-refractivity contribution in [3.8, 4) is 17.1 Å². The van der Waals surface area contributed by atoms with Crippen LogP contribution in [0.15, 0.2) is 66.7 Å². The molecule has 0 atom stereocenters. The number of nitrogens with zero attached hydrogens (tertiary/aromatic N) is 1. The minimum absolute atomic E-state index is 0.402. The number of hydrogen-bond acceptors (Lipinski definition) is 4. The Morgan fingerprint density at radius 2 is 1.72 bits per heavy atom. The van der Waals surface area contributed by atoms with Crippen LogP contribution in [0.25, 0.3) is 34.6 Å². The number of ether oxygens (including phenoxy) is 2. The van der Waals surface area contributed by atoms with E-state index in [1.807, 2.05) is 66.7 Å². The monoisotopic (exact) mass is 384 g/mol. The molecule has 1 N–H and O–H groups in total. The molecule has 0 saturated carbocycles. The highest BCUT2D eigenvalue weighted by Crippen LogP contribution is 2.24. The highest BCUT2D eigenvalue weighted by Gasteiger charge is 2.12. The second-order valence-corrected chi connectivity index (χ2v) is 6.51. The third kappa shape index (κ3) is 3.89. The Hall–Kier alpha value is -3.86. The lowest BCUT2D eigenvalue weighted by Crippen LogP contribution is -2.03. The van der Waals surface area contributed by atoms with E-state index < -0.39 is 5.97 Å². The zero-order valence-electron chi connectivity index (χ0n) is 16.2. The van der Waals surface area contributed by atoms with E-state index in [-0.39, 0.29) is 0 Å². The van der Waals surface area contributed by atoms with Crippen LogP contribution in [0.5, 0.6) is 5.75 Å². The summed E-state index contributed by atoms with van der Waals surface area (Å²) in [5.74, 6) is 0.900. The average Bonchev–Trinajstić information content (AvgIpc) is 3.21. The number of imidazole rings is 1. The summed E-state index contributed by atoms with van der Waals surface area (Å²) in [6, 6.07) is 21.5. The number of rotatable bonds is 5. The van der Waals surface area contributed by atoms with Crippen LogP contribution in [0.4, 0.5) is 0 Å². The lowest BCUT2D eigenvalue weighted by Gasteiger charge is -2.07. The first-order chi connectivity index (χ1) is 14.2. The van der Waals surface area contributed by atoms with Crippen molar-refractivity contribution in [3.05, 3.63) is 83.4 Å². The number of benzene rings is 3. The molecule has 0 aliphatic carbocycles. The highest BCUT2D eigenvalue weighted by molar-refractivity contribution is 5.93. The molecular weight excluding hydrogens is 364 g/mol. The van der Waals surface area contributed by atoms with Crippen molar-refractivity contribution in [1.82, 2.24) is 9.97 Å². The van der Waals surface area contributed by atoms with Gasteiger partial charge in [-0.2, -0.15) is 0 Å². The summed E-state index contributed by atoms with van der Waals surface area (Å²) in [6.45, 7) is 0. The molecule has 1 aromatic heterocycles. The predicted octanol–water partition coefficient (Wildman–Crippen LogP) is 5.20. The van der Waals surface area contributed by atoms with Crippen LogP contribution in [0, 0.1) is 0 Å². The fourth-order valence-corrected chi connectivity index (χ4v) is 3.16. The molecule has 0 saturated heterocycles. The van der Waals surface area contributed by atoms with Crippen molar-refractivity contribution in [2.75, 3.05) is 14.2 Å². The number of nitrogens with one attached hydrogen (secondary N) is 1. The Morgan fingerprint density at radius 1 is 0.931 bits per heavy atom. The van der Waals surface area contributed by atoms with Gasteiger partial charge in [0.1, 0.15) is 17.1 Å². The summed E-state index contributed by atoms with van der Waals surface area (Å²) in [4.78, 5) is 19.8. The molecule has 0 fully saturated rings. The van der Waals surface area contributed by atoms with Gasteiger partial charge in [0, 0.05) is 5.56 Å². The molecule has 29 heavy (non-hydrogen) atoms. The quantitative estimate of drug-likeness (QED) is 0.380. The number of aromatic nitrogens is 2. The molecule has 0 radical (unpaired) electrons. The van der Waals surface area contributed by atoms with E-state index in [9.17, 15) is 4.79 Å². The van der Waals surface area contributed by atoms with E-state index in [1.165, 1.54) is 14.2 Å². The standard InChI is InChI=1S/C24H20N2O3/c1-28-22-15-17(12-13-19(22)24(27)29-2)11-10-16-6-5-7-18(14-16)23-25-20-8-3-4-9-21(20)26-23/h3-15H,1-2H3,(H,25,26)/b11-10+. The third-order valence-corrected chi connectivity index (χ3v) is 4.65. The number of hydrogen-bond donors (Lipinski definition) is 1. The predicted molar refractivity (Wildman–Crippen MR) is 115 cm³/mol. The lowest BCUT2D eigenvalue weighted by atomic mass is 10.1. The van der Waals surface area contributed by atoms with Crippen molar-refractivity contribution < 1.29 is 14.3 Å². The lowest BCUT2D eigenvalue weighted by molar-refractivity contribution is 0.0597. The maximum Gasteiger partial charge on any atom is 0.341 e. The van der Waals surface area contributed by atoms with Crippen LogP contribution in [-0.2, 0) is 4.74 Å². The second-order valence-electron chi connectivity index (χ2n) is 6.51. The van der Waals surface area contributed by atoms with Gasteiger partial charge in [0.15, 0.2) is 0 Å². The molecule has 3 aromatic carbocycles. The van der Waals surface area contributed by atoms with Gasteiger partial charge in [-0.15, -0.1) is 0 Å². The molecule has 5 heteroatoms. The maximum absolute atomic E-state index is 11.8. The van der Waals surface area contributed by atoms with Crippen LogP contribution < -0.4 is 4.74 Å². The Labute approximate surface area is 168 Å². The van der Waals surface area contributed by atoms with Gasteiger partial charge in [-0.05, 0) is 41.5 Å². The van der Waals surface area contributed by atoms with Crippen molar-refractivity contribution in [2.45, 2.75) is 0 Å². The highest BCUT2D eigenvalue weighted by atomic mass is 16.5. The molecule has 144 valence electrons. The number of para-hydroxylation sites is 2. The molecule has 4 aromatic rings. The van der Waals surface area contributed by atoms with Gasteiger partial charge in [-0.25, -0.2) is 9.78 Å². The SMILES string of the molecule is COC(=O)c1ccc(/C=C/c2cccc(-c3nc4ccccc4[nH]3)c2)cc1OC. The van der Waals surface area contributed by atoms with Gasteiger partial charge in [0.2, 0.25) is 0 Å². The molecular formula is C24H20N2O3. The Morgan fingerprint density at radius 3 is 2.48 bits per heavy atom. The number of carbonyl (C=O) groups excluding carboxylic acids is 1. The normalized spacial score (nSPS) is 11.1. The fraction of sp³-hybridized carbons (Fsp3) is 0.0833. The van der Waals surface area contributed by atoms with Gasteiger partial charge in [0.05, 0.1) is 25.3 Å². The van der Waals surface area contributed by atoms with E-state index in [4.69, 9.17) is 9.47 Å². The summed E-state index contributed by atoms with van der Waals surface area (Å²) in [6.07, 6.45) is 3.99. The first-order valence-electron chi connectivity index (χ1n) is 9.17. The Kier molecular flexibility index (Phi) is 5.12. The first-order valence-corrected chi connectivity index (χ1v) is 9.17. The Balaban J connectivity index is 1.61. The maximum atomic E-state index is 11.8.